The number of hydrogen-bond donors (Lipinski definition) is 0. The summed E-state index contributed by atoms with van der Waals surface area (Å²) in [6.45, 7) is 10.3. The third kappa shape index (κ3) is 3.63. The molecule has 1 heterocycles. The zero-order chi connectivity index (χ0) is 21.5. The van der Waals surface area contributed by atoms with Gasteiger partial charge in [-0.2, -0.15) is 0 Å². The highest BCUT2D eigenvalue weighted by Crippen LogP contribution is 2.38. The molecule has 30 heavy (non-hydrogen) atoms. The minimum Gasteiger partial charge on any atom is -0.294 e. The summed E-state index contributed by atoms with van der Waals surface area (Å²) in [5, 5.41) is 10.1. The summed E-state index contributed by atoms with van der Waals surface area (Å²) in [5.74, 6) is 0.0189. The SMILES string of the molecule is CC(=O)c1ccccc1-c1nnc2cc(C)ccc2c1-c1ccc(C(C)(C)C)cc1. The maximum absolute atomic E-state index is 12.3. The number of aryl methyl sites for hydroxylation is 1. The first-order chi connectivity index (χ1) is 14.3. The standard InChI is InChI=1S/C27H26N2O/c1-17-10-15-23-24(16-17)28-29-26(22-9-7-6-8-21(22)18(2)30)25(23)19-11-13-20(14-12-19)27(3,4)5/h6-16H,1-5H3. The summed E-state index contributed by atoms with van der Waals surface area (Å²) in [6.07, 6.45) is 0. The van der Waals surface area contributed by atoms with Crippen LogP contribution in [0.2, 0.25) is 0 Å². The zero-order valence-electron chi connectivity index (χ0n) is 18.2. The molecule has 4 rings (SSSR count). The number of nitrogens with zero attached hydrogens (tertiary/aromatic N) is 2. The van der Waals surface area contributed by atoms with Gasteiger partial charge in [-0.1, -0.05) is 81.4 Å². The maximum Gasteiger partial charge on any atom is 0.160 e. The van der Waals surface area contributed by atoms with Crippen LogP contribution >= 0.6 is 0 Å². The van der Waals surface area contributed by atoms with Gasteiger partial charge < -0.3 is 0 Å². The molecule has 0 aliphatic carbocycles. The van der Waals surface area contributed by atoms with E-state index in [1.165, 1.54) is 5.56 Å². The van der Waals surface area contributed by atoms with Crippen molar-refractivity contribution < 1.29 is 4.79 Å². The third-order valence-corrected chi connectivity index (χ3v) is 5.52. The van der Waals surface area contributed by atoms with Crippen molar-refractivity contribution in [3.63, 3.8) is 0 Å². The van der Waals surface area contributed by atoms with Crippen molar-refractivity contribution in [1.29, 1.82) is 0 Å². The van der Waals surface area contributed by atoms with Crippen molar-refractivity contribution in [3.05, 3.63) is 83.4 Å². The fourth-order valence-corrected chi connectivity index (χ4v) is 3.83. The van der Waals surface area contributed by atoms with Gasteiger partial charge >= 0.3 is 0 Å². The molecule has 0 bridgehead atoms. The highest BCUT2D eigenvalue weighted by atomic mass is 16.1. The van der Waals surface area contributed by atoms with Crippen molar-refractivity contribution in [2.45, 2.75) is 40.0 Å². The molecule has 0 amide bonds. The van der Waals surface area contributed by atoms with Crippen LogP contribution in [0.15, 0.2) is 66.7 Å². The molecular weight excluding hydrogens is 368 g/mol. The number of fused-ring (bicyclic) bond motifs is 1. The van der Waals surface area contributed by atoms with E-state index < -0.39 is 0 Å². The van der Waals surface area contributed by atoms with Gasteiger partial charge in [0.05, 0.1) is 5.52 Å². The molecule has 0 atom stereocenters. The van der Waals surface area contributed by atoms with Crippen LogP contribution in [0.5, 0.6) is 0 Å². The van der Waals surface area contributed by atoms with Crippen LogP contribution in [0.25, 0.3) is 33.3 Å². The van der Waals surface area contributed by atoms with E-state index in [0.29, 0.717) is 5.56 Å². The number of benzene rings is 3. The Morgan fingerprint density at radius 2 is 1.57 bits per heavy atom. The first-order valence-corrected chi connectivity index (χ1v) is 10.2. The second kappa shape index (κ2) is 7.49. The van der Waals surface area contributed by atoms with Crippen molar-refractivity contribution in [2.24, 2.45) is 0 Å². The summed E-state index contributed by atoms with van der Waals surface area (Å²) in [7, 11) is 0. The predicted octanol–water partition coefficient (Wildman–Crippen LogP) is 6.77. The average Bonchev–Trinajstić information content (AvgIpc) is 2.72. The Labute approximate surface area is 177 Å². The number of carbonyl (C=O) groups excluding carboxylic acids is 1. The Morgan fingerprint density at radius 1 is 0.867 bits per heavy atom. The van der Waals surface area contributed by atoms with Crippen LogP contribution in [0.1, 0.15) is 49.2 Å². The van der Waals surface area contributed by atoms with Gasteiger partial charge in [0.15, 0.2) is 5.78 Å². The smallest absolute Gasteiger partial charge is 0.160 e. The second-order valence-electron chi connectivity index (χ2n) is 8.87. The molecule has 0 saturated heterocycles. The summed E-state index contributed by atoms with van der Waals surface area (Å²) < 4.78 is 0. The van der Waals surface area contributed by atoms with E-state index >= 15 is 0 Å². The monoisotopic (exact) mass is 394 g/mol. The van der Waals surface area contributed by atoms with Gasteiger partial charge in [-0.05, 0) is 42.0 Å². The van der Waals surface area contributed by atoms with Crippen molar-refractivity contribution in [1.82, 2.24) is 10.2 Å². The van der Waals surface area contributed by atoms with E-state index in [-0.39, 0.29) is 11.2 Å². The molecule has 0 aliphatic rings. The highest BCUT2D eigenvalue weighted by Gasteiger charge is 2.20. The molecule has 0 spiro atoms. The van der Waals surface area contributed by atoms with Gasteiger partial charge in [0.1, 0.15) is 5.69 Å². The van der Waals surface area contributed by atoms with Gasteiger partial charge in [-0.3, -0.25) is 4.79 Å². The second-order valence-corrected chi connectivity index (χ2v) is 8.87. The van der Waals surface area contributed by atoms with E-state index in [0.717, 1.165) is 38.9 Å². The molecule has 3 aromatic carbocycles. The summed E-state index contributed by atoms with van der Waals surface area (Å²) in [5.41, 5.74) is 7.64. The van der Waals surface area contributed by atoms with Gasteiger partial charge in [0.2, 0.25) is 0 Å². The molecule has 0 saturated carbocycles. The number of carbonyl (C=O) groups is 1. The van der Waals surface area contributed by atoms with E-state index in [9.17, 15) is 4.79 Å². The van der Waals surface area contributed by atoms with Crippen LogP contribution in [-0.4, -0.2) is 16.0 Å². The molecular formula is C27H26N2O. The predicted molar refractivity (Wildman–Crippen MR) is 124 cm³/mol. The quantitative estimate of drug-likeness (QED) is 0.360. The van der Waals surface area contributed by atoms with E-state index in [1.807, 2.05) is 24.3 Å². The van der Waals surface area contributed by atoms with Gasteiger partial charge in [0, 0.05) is 22.1 Å². The first kappa shape index (κ1) is 20.0. The minimum absolute atomic E-state index is 0.0189. The molecule has 0 aliphatic heterocycles. The topological polar surface area (TPSA) is 42.9 Å². The molecule has 150 valence electrons. The van der Waals surface area contributed by atoms with Crippen LogP contribution in [0.4, 0.5) is 0 Å². The number of aromatic nitrogens is 2. The third-order valence-electron chi connectivity index (χ3n) is 5.52. The molecule has 0 radical (unpaired) electrons. The Balaban J connectivity index is 2.04. The Hall–Kier alpha value is -3.33. The average molecular weight is 395 g/mol. The first-order valence-electron chi connectivity index (χ1n) is 10.2. The number of hydrogen-bond acceptors (Lipinski definition) is 3. The normalized spacial score (nSPS) is 11.6. The van der Waals surface area contributed by atoms with Gasteiger partial charge in [-0.25, -0.2) is 0 Å². The fraction of sp³-hybridized carbons (Fsp3) is 0.222. The van der Waals surface area contributed by atoms with Crippen LogP contribution < -0.4 is 0 Å². The largest absolute Gasteiger partial charge is 0.294 e. The molecule has 3 heteroatoms. The Kier molecular flexibility index (Phi) is 4.98. The zero-order valence-corrected chi connectivity index (χ0v) is 18.2. The number of ketones is 1. The lowest BCUT2D eigenvalue weighted by molar-refractivity contribution is 0.101. The lowest BCUT2D eigenvalue weighted by Gasteiger charge is -2.20. The van der Waals surface area contributed by atoms with Crippen molar-refractivity contribution in [3.8, 4) is 22.4 Å². The lowest BCUT2D eigenvalue weighted by atomic mass is 9.85. The van der Waals surface area contributed by atoms with E-state index in [1.54, 1.807) is 6.92 Å². The Bertz CT molecular complexity index is 1250. The molecule has 4 aromatic rings. The van der Waals surface area contributed by atoms with E-state index in [2.05, 4.69) is 80.4 Å². The molecule has 0 N–H and O–H groups in total. The van der Waals surface area contributed by atoms with Gasteiger partial charge in [-0.15, -0.1) is 10.2 Å². The lowest BCUT2D eigenvalue weighted by Crippen LogP contribution is -2.10. The molecule has 3 nitrogen and oxygen atoms in total. The molecule has 0 fully saturated rings. The van der Waals surface area contributed by atoms with Crippen LogP contribution in [0, 0.1) is 6.92 Å². The Morgan fingerprint density at radius 3 is 2.23 bits per heavy atom. The van der Waals surface area contributed by atoms with Gasteiger partial charge in [0.25, 0.3) is 0 Å². The summed E-state index contributed by atoms with van der Waals surface area (Å²) in [6, 6.07) is 22.5. The number of Topliss-reactive ketones (excluding diaryl/α,β-unsaturated/α-hetero) is 1. The van der Waals surface area contributed by atoms with E-state index in [4.69, 9.17) is 0 Å². The highest BCUT2D eigenvalue weighted by molar-refractivity contribution is 6.06. The molecule has 0 unspecified atom stereocenters. The van der Waals surface area contributed by atoms with Crippen molar-refractivity contribution >= 4 is 16.7 Å². The molecule has 1 aromatic heterocycles. The van der Waals surface area contributed by atoms with Crippen molar-refractivity contribution in [2.75, 3.05) is 0 Å². The summed E-state index contributed by atoms with van der Waals surface area (Å²) in [4.78, 5) is 12.3. The maximum atomic E-state index is 12.3. The fourth-order valence-electron chi connectivity index (χ4n) is 3.83. The van der Waals surface area contributed by atoms with Crippen LogP contribution in [0.3, 0.4) is 0 Å². The minimum atomic E-state index is 0.0189. The van der Waals surface area contributed by atoms with Crippen LogP contribution in [-0.2, 0) is 5.41 Å². The number of rotatable bonds is 3. The summed E-state index contributed by atoms with van der Waals surface area (Å²) >= 11 is 0.